The van der Waals surface area contributed by atoms with Crippen molar-refractivity contribution in [3.05, 3.63) is 38.3 Å². The number of nitrogens with two attached hydrogens (primary N) is 1. The molecule has 110 valence electrons. The van der Waals surface area contributed by atoms with Crippen molar-refractivity contribution in [3.63, 3.8) is 0 Å². The number of hydrogen-bond donors (Lipinski definition) is 1. The zero-order valence-corrected chi connectivity index (χ0v) is 13.1. The van der Waals surface area contributed by atoms with Gasteiger partial charge in [-0.15, -0.1) is 0 Å². The highest BCUT2D eigenvalue weighted by atomic mass is 79.9. The molecule has 1 aromatic carbocycles. The van der Waals surface area contributed by atoms with Crippen LogP contribution in [0.4, 0.5) is 5.69 Å². The van der Waals surface area contributed by atoms with Crippen LogP contribution < -0.4 is 5.73 Å². The minimum Gasteiger partial charge on any atom is -0.330 e. The SMILES string of the molecule is NCC1(Cc2cccc([N+](=O)[O-])c2Br)CCS(=O)(=O)C1. The Hall–Kier alpha value is -0.990. The molecule has 0 aromatic heterocycles. The van der Waals surface area contributed by atoms with Crippen LogP contribution in [0.5, 0.6) is 0 Å². The Morgan fingerprint density at radius 2 is 2.15 bits per heavy atom. The zero-order valence-electron chi connectivity index (χ0n) is 10.7. The monoisotopic (exact) mass is 362 g/mol. The molecule has 2 rings (SSSR count). The molecule has 0 bridgehead atoms. The molecule has 1 aromatic rings. The lowest BCUT2D eigenvalue weighted by atomic mass is 9.81. The molecule has 1 fully saturated rings. The van der Waals surface area contributed by atoms with E-state index in [0.717, 1.165) is 5.56 Å². The van der Waals surface area contributed by atoms with Crippen LogP contribution in [-0.2, 0) is 16.3 Å². The Kier molecular flexibility index (Phi) is 4.17. The van der Waals surface area contributed by atoms with Crippen molar-refractivity contribution in [2.24, 2.45) is 11.1 Å². The van der Waals surface area contributed by atoms with Crippen LogP contribution in [0.2, 0.25) is 0 Å². The first kappa shape index (κ1) is 15.4. The van der Waals surface area contributed by atoms with Gasteiger partial charge in [0.05, 0.1) is 20.9 Å². The molecule has 1 aliphatic heterocycles. The first-order chi connectivity index (χ1) is 9.29. The van der Waals surface area contributed by atoms with Gasteiger partial charge in [0.2, 0.25) is 0 Å². The van der Waals surface area contributed by atoms with Gasteiger partial charge in [-0.05, 0) is 40.9 Å². The summed E-state index contributed by atoms with van der Waals surface area (Å²) in [5, 5.41) is 10.9. The number of nitrogens with zero attached hydrogens (tertiary/aromatic N) is 1. The van der Waals surface area contributed by atoms with Gasteiger partial charge in [-0.3, -0.25) is 10.1 Å². The summed E-state index contributed by atoms with van der Waals surface area (Å²) in [7, 11) is -3.05. The van der Waals surface area contributed by atoms with Gasteiger partial charge >= 0.3 is 0 Å². The van der Waals surface area contributed by atoms with Crippen molar-refractivity contribution in [3.8, 4) is 0 Å². The second kappa shape index (κ2) is 5.42. The largest absolute Gasteiger partial charge is 0.330 e. The molecule has 1 aliphatic rings. The van der Waals surface area contributed by atoms with Gasteiger partial charge in [0.25, 0.3) is 5.69 Å². The van der Waals surface area contributed by atoms with Gasteiger partial charge in [0.1, 0.15) is 0 Å². The van der Waals surface area contributed by atoms with Crippen LogP contribution in [0.1, 0.15) is 12.0 Å². The molecular formula is C12H15BrN2O4S. The van der Waals surface area contributed by atoms with E-state index in [1.54, 1.807) is 12.1 Å². The fraction of sp³-hybridized carbons (Fsp3) is 0.500. The minimum absolute atomic E-state index is 0.0180. The van der Waals surface area contributed by atoms with Crippen molar-refractivity contribution in [2.75, 3.05) is 18.1 Å². The Morgan fingerprint density at radius 1 is 1.45 bits per heavy atom. The highest BCUT2D eigenvalue weighted by Crippen LogP contribution is 2.38. The fourth-order valence-corrected chi connectivity index (χ4v) is 5.34. The normalized spacial score (nSPS) is 24.7. The standard InChI is InChI=1S/C12H15BrN2O4S/c13-11-9(2-1-3-10(11)15(16)17)6-12(7-14)4-5-20(18,19)8-12/h1-3H,4-8,14H2. The van der Waals surface area contributed by atoms with Crippen LogP contribution in [0.15, 0.2) is 22.7 Å². The maximum Gasteiger partial charge on any atom is 0.283 e. The summed E-state index contributed by atoms with van der Waals surface area (Å²) >= 11 is 3.24. The lowest BCUT2D eigenvalue weighted by Crippen LogP contribution is -2.34. The maximum absolute atomic E-state index is 11.7. The third-order valence-electron chi connectivity index (χ3n) is 3.72. The zero-order chi connectivity index (χ0) is 15.0. The van der Waals surface area contributed by atoms with Crippen molar-refractivity contribution in [2.45, 2.75) is 12.8 Å². The smallest absolute Gasteiger partial charge is 0.283 e. The number of hydrogen-bond acceptors (Lipinski definition) is 5. The summed E-state index contributed by atoms with van der Waals surface area (Å²) in [6.07, 6.45) is 0.923. The predicted molar refractivity (Wildman–Crippen MR) is 79.3 cm³/mol. The Labute approximate surface area is 125 Å². The topological polar surface area (TPSA) is 103 Å². The molecular weight excluding hydrogens is 348 g/mol. The second-order valence-electron chi connectivity index (χ2n) is 5.23. The lowest BCUT2D eigenvalue weighted by Gasteiger charge is -2.26. The Bertz CT molecular complexity index is 647. The fourth-order valence-electron chi connectivity index (χ4n) is 2.60. The highest BCUT2D eigenvalue weighted by molar-refractivity contribution is 9.10. The molecule has 0 spiro atoms. The van der Waals surface area contributed by atoms with Crippen LogP contribution in [0.3, 0.4) is 0 Å². The summed E-state index contributed by atoms with van der Waals surface area (Å²) in [5.41, 5.74) is 5.96. The van der Waals surface area contributed by atoms with Gasteiger partial charge in [0, 0.05) is 11.5 Å². The van der Waals surface area contributed by atoms with Crippen LogP contribution >= 0.6 is 15.9 Å². The van der Waals surface area contributed by atoms with Gasteiger partial charge in [-0.2, -0.15) is 0 Å². The molecule has 2 N–H and O–H groups in total. The van der Waals surface area contributed by atoms with E-state index in [2.05, 4.69) is 15.9 Å². The molecule has 1 saturated heterocycles. The molecule has 1 unspecified atom stereocenters. The molecule has 0 aliphatic carbocycles. The first-order valence-electron chi connectivity index (χ1n) is 6.11. The summed E-state index contributed by atoms with van der Waals surface area (Å²) in [4.78, 5) is 10.5. The predicted octanol–water partition coefficient (Wildman–Crippen LogP) is 1.66. The third-order valence-corrected chi connectivity index (χ3v) is 6.52. The highest BCUT2D eigenvalue weighted by Gasteiger charge is 2.41. The molecule has 0 radical (unpaired) electrons. The van der Waals surface area contributed by atoms with Gasteiger partial charge < -0.3 is 5.73 Å². The van der Waals surface area contributed by atoms with Gasteiger partial charge in [0.15, 0.2) is 9.84 Å². The summed E-state index contributed by atoms with van der Waals surface area (Å²) in [6.45, 7) is 0.251. The van der Waals surface area contributed by atoms with E-state index in [9.17, 15) is 18.5 Å². The first-order valence-corrected chi connectivity index (χ1v) is 8.72. The number of nitro groups is 1. The van der Waals surface area contributed by atoms with Crippen molar-refractivity contribution in [1.82, 2.24) is 0 Å². The quantitative estimate of drug-likeness (QED) is 0.647. The molecule has 1 heterocycles. The lowest BCUT2D eigenvalue weighted by molar-refractivity contribution is -0.385. The Balaban J connectivity index is 2.34. The number of rotatable bonds is 4. The molecule has 20 heavy (non-hydrogen) atoms. The van der Waals surface area contributed by atoms with Crippen LogP contribution in [0, 0.1) is 15.5 Å². The summed E-state index contributed by atoms with van der Waals surface area (Å²) in [5.74, 6) is 0.183. The van der Waals surface area contributed by atoms with E-state index in [1.807, 2.05) is 0 Å². The average molecular weight is 363 g/mol. The Morgan fingerprint density at radius 3 is 2.65 bits per heavy atom. The second-order valence-corrected chi connectivity index (χ2v) is 8.21. The van der Waals surface area contributed by atoms with Crippen molar-refractivity contribution >= 4 is 31.5 Å². The molecule has 1 atom stereocenters. The van der Waals surface area contributed by atoms with Crippen LogP contribution in [-0.4, -0.2) is 31.4 Å². The summed E-state index contributed by atoms with van der Waals surface area (Å²) < 4.78 is 23.8. The van der Waals surface area contributed by atoms with E-state index in [-0.39, 0.29) is 23.7 Å². The van der Waals surface area contributed by atoms with Crippen molar-refractivity contribution in [1.29, 1.82) is 0 Å². The van der Waals surface area contributed by atoms with Crippen molar-refractivity contribution < 1.29 is 13.3 Å². The minimum atomic E-state index is -3.05. The van der Waals surface area contributed by atoms with Gasteiger partial charge in [-0.1, -0.05) is 12.1 Å². The number of sulfone groups is 1. The average Bonchev–Trinajstić information content (AvgIpc) is 2.68. The molecule has 6 nitrogen and oxygen atoms in total. The third kappa shape index (κ3) is 3.02. The molecule has 8 heteroatoms. The van der Waals surface area contributed by atoms with Crippen LogP contribution in [0.25, 0.3) is 0 Å². The number of halogens is 1. The number of nitro benzene ring substituents is 1. The maximum atomic E-state index is 11.7. The molecule has 0 saturated carbocycles. The van der Waals surface area contributed by atoms with E-state index in [1.165, 1.54) is 6.07 Å². The van der Waals surface area contributed by atoms with E-state index >= 15 is 0 Å². The molecule has 0 amide bonds. The van der Waals surface area contributed by atoms with Gasteiger partial charge in [-0.25, -0.2) is 8.42 Å². The van der Waals surface area contributed by atoms with E-state index in [0.29, 0.717) is 17.3 Å². The summed E-state index contributed by atoms with van der Waals surface area (Å²) in [6, 6.07) is 4.78. The number of benzene rings is 1. The van der Waals surface area contributed by atoms with E-state index in [4.69, 9.17) is 5.73 Å². The van der Waals surface area contributed by atoms with E-state index < -0.39 is 20.2 Å².